The van der Waals surface area contributed by atoms with Crippen LogP contribution in [0.2, 0.25) is 0 Å². The van der Waals surface area contributed by atoms with E-state index < -0.39 is 5.54 Å². The third-order valence-corrected chi connectivity index (χ3v) is 4.45. The summed E-state index contributed by atoms with van der Waals surface area (Å²) in [7, 11) is 1.39. The van der Waals surface area contributed by atoms with Crippen molar-refractivity contribution in [3.8, 4) is 0 Å². The van der Waals surface area contributed by atoms with E-state index in [2.05, 4.69) is 10.1 Å². The Labute approximate surface area is 154 Å². The predicted octanol–water partition coefficient (Wildman–Crippen LogP) is 3.36. The largest absolute Gasteiger partial charge is 0.469 e. The summed E-state index contributed by atoms with van der Waals surface area (Å²) in [6.45, 7) is 3.75. The highest BCUT2D eigenvalue weighted by Gasteiger charge is 2.27. The highest BCUT2D eigenvalue weighted by molar-refractivity contribution is 7.98. The number of thioether (sulfide) groups is 1. The lowest BCUT2D eigenvalue weighted by Crippen LogP contribution is -2.48. The van der Waals surface area contributed by atoms with Gasteiger partial charge in [0.2, 0.25) is 5.91 Å². The van der Waals surface area contributed by atoms with E-state index in [-0.39, 0.29) is 24.3 Å². The number of nitrogens with one attached hydrogen (secondary N) is 1. The molecule has 7 heteroatoms. The van der Waals surface area contributed by atoms with Crippen molar-refractivity contribution in [2.24, 2.45) is 5.73 Å². The predicted molar refractivity (Wildman–Crippen MR) is 103 cm³/mol. The third kappa shape index (κ3) is 8.04. The monoisotopic (exact) mass is 374 g/mol. The molecule has 1 atom stereocenters. The summed E-state index contributed by atoms with van der Waals surface area (Å²) in [4.78, 5) is 23.3. The fourth-order valence-electron chi connectivity index (χ4n) is 2.09. The van der Waals surface area contributed by atoms with Crippen LogP contribution >= 0.6 is 24.2 Å². The van der Waals surface area contributed by atoms with Crippen LogP contribution in [0.1, 0.15) is 38.7 Å². The fourth-order valence-corrected chi connectivity index (χ4v) is 2.96. The number of benzene rings is 1. The van der Waals surface area contributed by atoms with Crippen LogP contribution in [0.4, 0.5) is 5.69 Å². The Morgan fingerprint density at radius 2 is 2.08 bits per heavy atom. The lowest BCUT2D eigenvalue weighted by molar-refractivity contribution is -0.140. The Hall–Kier alpha value is -1.24. The van der Waals surface area contributed by atoms with E-state index in [4.69, 9.17) is 5.73 Å². The zero-order chi connectivity index (χ0) is 17.3. The zero-order valence-electron chi connectivity index (χ0n) is 14.5. The standard InChI is InChI=1S/C17H26N2O3S.ClH/c1-4-9-17(2,18)16(21)19-14-7-5-6-13(11-14)12-23-10-8-15(20)22-3;/h5-7,11H,4,8-10,12,18H2,1-3H3,(H,19,21);1H. The number of halogens is 1. The van der Waals surface area contributed by atoms with E-state index in [9.17, 15) is 9.59 Å². The number of rotatable bonds is 9. The maximum Gasteiger partial charge on any atom is 0.306 e. The first-order valence-corrected chi connectivity index (χ1v) is 8.88. The van der Waals surface area contributed by atoms with Crippen LogP contribution in [0.5, 0.6) is 0 Å². The molecule has 136 valence electrons. The molecule has 0 fully saturated rings. The minimum absolute atomic E-state index is 0. The second kappa shape index (κ2) is 11.3. The van der Waals surface area contributed by atoms with Crippen molar-refractivity contribution < 1.29 is 14.3 Å². The van der Waals surface area contributed by atoms with Crippen molar-refractivity contribution in [3.05, 3.63) is 29.8 Å². The van der Waals surface area contributed by atoms with Crippen LogP contribution in [0.3, 0.4) is 0 Å². The molecule has 0 radical (unpaired) electrons. The molecule has 0 aromatic heterocycles. The van der Waals surface area contributed by atoms with Gasteiger partial charge in [-0.1, -0.05) is 25.5 Å². The van der Waals surface area contributed by atoms with Crippen molar-refractivity contribution >= 4 is 41.7 Å². The number of ether oxygens (including phenoxy) is 1. The van der Waals surface area contributed by atoms with Gasteiger partial charge in [-0.15, -0.1) is 12.4 Å². The van der Waals surface area contributed by atoms with Crippen LogP contribution < -0.4 is 11.1 Å². The van der Waals surface area contributed by atoms with E-state index in [0.717, 1.165) is 23.4 Å². The average molecular weight is 375 g/mol. The number of carbonyl (C=O) groups excluding carboxylic acids is 2. The Bertz CT molecular complexity index is 538. The van der Waals surface area contributed by atoms with Gasteiger partial charge in [0.1, 0.15) is 0 Å². The fraction of sp³-hybridized carbons (Fsp3) is 0.529. The molecule has 3 N–H and O–H groups in total. The number of carbonyl (C=O) groups is 2. The first kappa shape index (κ1) is 22.8. The van der Waals surface area contributed by atoms with Crippen molar-refractivity contribution in [2.45, 2.75) is 44.4 Å². The quantitative estimate of drug-likeness (QED) is 0.511. The molecule has 0 saturated heterocycles. The van der Waals surface area contributed by atoms with E-state index in [0.29, 0.717) is 18.6 Å². The summed E-state index contributed by atoms with van der Waals surface area (Å²) in [6, 6.07) is 7.68. The van der Waals surface area contributed by atoms with Crippen molar-refractivity contribution in [1.82, 2.24) is 0 Å². The summed E-state index contributed by atoms with van der Waals surface area (Å²) in [5.74, 6) is 1.11. The smallest absolute Gasteiger partial charge is 0.306 e. The van der Waals surface area contributed by atoms with Gasteiger partial charge >= 0.3 is 5.97 Å². The van der Waals surface area contributed by atoms with Crippen molar-refractivity contribution in [1.29, 1.82) is 0 Å². The van der Waals surface area contributed by atoms with Gasteiger partial charge in [-0.05, 0) is 31.0 Å². The second-order valence-electron chi connectivity index (χ2n) is 5.70. The summed E-state index contributed by atoms with van der Waals surface area (Å²) >= 11 is 1.65. The molecule has 0 aliphatic rings. The molecule has 0 saturated carbocycles. The van der Waals surface area contributed by atoms with Gasteiger partial charge in [0, 0.05) is 17.2 Å². The number of hydrogen-bond acceptors (Lipinski definition) is 5. The Morgan fingerprint density at radius 3 is 2.71 bits per heavy atom. The average Bonchev–Trinajstić information content (AvgIpc) is 2.51. The van der Waals surface area contributed by atoms with Gasteiger partial charge < -0.3 is 15.8 Å². The summed E-state index contributed by atoms with van der Waals surface area (Å²) < 4.78 is 4.61. The summed E-state index contributed by atoms with van der Waals surface area (Å²) in [5.41, 5.74) is 7.01. The molecule has 1 amide bonds. The first-order chi connectivity index (χ1) is 10.9. The molecular formula is C17H27ClN2O3S. The number of nitrogens with two attached hydrogens (primary N) is 1. The molecule has 0 bridgehead atoms. The number of methoxy groups -OCH3 is 1. The van der Waals surface area contributed by atoms with E-state index in [1.807, 2.05) is 31.2 Å². The maximum atomic E-state index is 12.2. The first-order valence-electron chi connectivity index (χ1n) is 7.73. The second-order valence-corrected chi connectivity index (χ2v) is 6.81. The van der Waals surface area contributed by atoms with Gasteiger partial charge in [0.25, 0.3) is 0 Å². The molecule has 0 spiro atoms. The van der Waals surface area contributed by atoms with Gasteiger partial charge in [0.05, 0.1) is 19.1 Å². The van der Waals surface area contributed by atoms with E-state index >= 15 is 0 Å². The maximum absolute atomic E-state index is 12.2. The molecular weight excluding hydrogens is 348 g/mol. The lowest BCUT2D eigenvalue weighted by Gasteiger charge is -2.23. The minimum Gasteiger partial charge on any atom is -0.469 e. The van der Waals surface area contributed by atoms with Crippen LogP contribution in [-0.2, 0) is 20.1 Å². The number of hydrogen-bond donors (Lipinski definition) is 2. The third-order valence-electron chi connectivity index (χ3n) is 3.42. The SMILES string of the molecule is CCCC(C)(N)C(=O)Nc1cccc(CSCCC(=O)OC)c1.Cl. The molecule has 0 aliphatic heterocycles. The number of amides is 1. The van der Waals surface area contributed by atoms with E-state index in [1.54, 1.807) is 18.7 Å². The van der Waals surface area contributed by atoms with Crippen LogP contribution in [0.25, 0.3) is 0 Å². The molecule has 0 aliphatic carbocycles. The van der Waals surface area contributed by atoms with Gasteiger partial charge in [-0.25, -0.2) is 0 Å². The molecule has 5 nitrogen and oxygen atoms in total. The number of esters is 1. The van der Waals surface area contributed by atoms with Gasteiger partial charge in [0.15, 0.2) is 0 Å². The Kier molecular flexibility index (Phi) is 10.8. The zero-order valence-corrected chi connectivity index (χ0v) is 16.1. The molecule has 1 aromatic rings. The summed E-state index contributed by atoms with van der Waals surface area (Å²) in [6.07, 6.45) is 1.90. The van der Waals surface area contributed by atoms with Crippen molar-refractivity contribution in [2.75, 3.05) is 18.2 Å². The molecule has 1 aromatic carbocycles. The van der Waals surface area contributed by atoms with Crippen LogP contribution in [-0.4, -0.2) is 30.3 Å². The topological polar surface area (TPSA) is 81.4 Å². The molecule has 1 rings (SSSR count). The van der Waals surface area contributed by atoms with E-state index in [1.165, 1.54) is 7.11 Å². The lowest BCUT2D eigenvalue weighted by atomic mass is 9.96. The number of anilines is 1. The van der Waals surface area contributed by atoms with Crippen LogP contribution in [0.15, 0.2) is 24.3 Å². The minimum atomic E-state index is -0.861. The molecule has 0 heterocycles. The van der Waals surface area contributed by atoms with Crippen LogP contribution in [0, 0.1) is 0 Å². The Morgan fingerprint density at radius 1 is 1.38 bits per heavy atom. The highest BCUT2D eigenvalue weighted by atomic mass is 35.5. The van der Waals surface area contributed by atoms with Crippen molar-refractivity contribution in [3.63, 3.8) is 0 Å². The van der Waals surface area contributed by atoms with Gasteiger partial charge in [-0.2, -0.15) is 11.8 Å². The summed E-state index contributed by atoms with van der Waals surface area (Å²) in [5, 5.41) is 2.88. The van der Waals surface area contributed by atoms with Gasteiger partial charge in [-0.3, -0.25) is 9.59 Å². The molecule has 24 heavy (non-hydrogen) atoms. The normalized spacial score (nSPS) is 12.7. The highest BCUT2D eigenvalue weighted by Crippen LogP contribution is 2.19. The Balaban J connectivity index is 0.00000529. The molecule has 1 unspecified atom stereocenters.